The van der Waals surface area contributed by atoms with E-state index >= 15 is 0 Å². The largest absolute Gasteiger partial charge is 2.00 e. The van der Waals surface area contributed by atoms with Crippen molar-refractivity contribution in [2.45, 2.75) is 0 Å². The van der Waals surface area contributed by atoms with Gasteiger partial charge < -0.3 is 27.0 Å². The van der Waals surface area contributed by atoms with Gasteiger partial charge in [0.1, 0.15) is 0 Å². The van der Waals surface area contributed by atoms with Gasteiger partial charge in [0.05, 0.1) is 0 Å². The predicted molar refractivity (Wildman–Crippen MR) is 20.5 cm³/mol. The summed E-state index contributed by atoms with van der Waals surface area (Å²) in [5.41, 5.74) is 0. The number of hydrogen-bond acceptors (Lipinski definition) is 0. The molecule has 0 aromatic heterocycles. The summed E-state index contributed by atoms with van der Waals surface area (Å²) in [5.74, 6) is 0. The summed E-state index contributed by atoms with van der Waals surface area (Å²) in [4.78, 5) is 0. The Kier molecular flexibility index (Phi) is 173. The van der Waals surface area contributed by atoms with Crippen molar-refractivity contribution in [1.29, 1.82) is 0 Å². The van der Waals surface area contributed by atoms with E-state index in [0.717, 1.165) is 0 Å². The third-order valence-electron chi connectivity index (χ3n) is 0. The first-order valence-corrected chi connectivity index (χ1v) is 0. The molecule has 4 heteroatoms. The van der Waals surface area contributed by atoms with Gasteiger partial charge in [-0.2, -0.15) is 0 Å². The number of hydrogen-bond donors (Lipinski definition) is 0. The molecule has 0 aromatic carbocycles. The fourth-order valence-corrected chi connectivity index (χ4v) is 0. The minimum Gasteiger partial charge on any atom is -2.00 e. The third kappa shape index (κ3) is 8.93. The SMILES string of the molecule is [S-2].[S-2].[Te+2].[Zn+2]. The summed E-state index contributed by atoms with van der Waals surface area (Å²) in [6.45, 7) is 0. The van der Waals surface area contributed by atoms with Crippen LogP contribution in [0, 0.1) is 0 Å². The fourth-order valence-electron chi connectivity index (χ4n) is 0. The Morgan fingerprint density at radius 2 is 0.750 bits per heavy atom. The molecule has 4 radical (unpaired) electrons. The summed E-state index contributed by atoms with van der Waals surface area (Å²) < 4.78 is 0. The molecule has 20 valence electrons. The van der Waals surface area contributed by atoms with Crippen molar-refractivity contribution in [3.05, 3.63) is 0 Å². The molecule has 0 aliphatic rings. The first-order valence-electron chi connectivity index (χ1n) is 0. The average molecular weight is 257 g/mol. The van der Waals surface area contributed by atoms with Gasteiger partial charge in [-0.3, -0.25) is 0 Å². The van der Waals surface area contributed by atoms with E-state index in [2.05, 4.69) is 0 Å². The maximum atomic E-state index is 0. The van der Waals surface area contributed by atoms with Crippen molar-refractivity contribution in [2.24, 2.45) is 0 Å². The number of rotatable bonds is 0. The van der Waals surface area contributed by atoms with Crippen LogP contribution in [0.25, 0.3) is 0 Å². The summed E-state index contributed by atoms with van der Waals surface area (Å²) in [6.07, 6.45) is 0. The van der Waals surface area contributed by atoms with Crippen molar-refractivity contribution >= 4 is 50.7 Å². The van der Waals surface area contributed by atoms with Gasteiger partial charge in [0, 0.05) is 0 Å². The molecule has 0 fully saturated rings. The van der Waals surface area contributed by atoms with Gasteiger partial charge in [-0.25, -0.2) is 0 Å². The van der Waals surface area contributed by atoms with Gasteiger partial charge in [0.15, 0.2) is 0 Å². The quantitative estimate of drug-likeness (QED) is 0.519. The van der Waals surface area contributed by atoms with E-state index < -0.39 is 0 Å². The Morgan fingerprint density at radius 3 is 0.750 bits per heavy atom. The molecule has 0 atom stereocenters. The molecule has 0 spiro atoms. The van der Waals surface area contributed by atoms with Crippen LogP contribution in [-0.2, 0) is 46.5 Å². The molecule has 0 N–H and O–H groups in total. The van der Waals surface area contributed by atoms with Crippen LogP contribution in [0.5, 0.6) is 0 Å². The monoisotopic (exact) mass is 258 g/mol. The second-order valence-corrected chi connectivity index (χ2v) is 0. The Morgan fingerprint density at radius 1 is 0.750 bits per heavy atom. The van der Waals surface area contributed by atoms with E-state index in [1.54, 1.807) is 0 Å². The fraction of sp³-hybridized carbons (Fsp3) is 0. The van der Waals surface area contributed by atoms with E-state index in [4.69, 9.17) is 0 Å². The van der Waals surface area contributed by atoms with E-state index in [0.29, 0.717) is 0 Å². The molecule has 0 aromatic rings. The van der Waals surface area contributed by atoms with Crippen LogP contribution in [0.15, 0.2) is 0 Å². The molecule has 0 nitrogen and oxygen atoms in total. The van der Waals surface area contributed by atoms with Crippen LogP contribution < -0.4 is 0 Å². The minimum absolute atomic E-state index is 0. The van der Waals surface area contributed by atoms with Crippen molar-refractivity contribution < 1.29 is 19.5 Å². The van der Waals surface area contributed by atoms with Crippen molar-refractivity contribution in [3.8, 4) is 0 Å². The Hall–Kier alpha value is 2.11. The van der Waals surface area contributed by atoms with Crippen LogP contribution in [0.1, 0.15) is 0 Å². The Labute approximate surface area is 69.5 Å². The molecular formula is S2TeZn. The molecule has 0 saturated heterocycles. The van der Waals surface area contributed by atoms with Gasteiger partial charge in [-0.15, -0.1) is 0 Å². The van der Waals surface area contributed by atoms with Gasteiger partial charge >= 0.3 is 43.1 Å². The van der Waals surface area contributed by atoms with Crippen molar-refractivity contribution in [1.82, 2.24) is 0 Å². The van der Waals surface area contributed by atoms with E-state index in [1.807, 2.05) is 0 Å². The van der Waals surface area contributed by atoms with Crippen molar-refractivity contribution in [3.63, 3.8) is 0 Å². The maximum Gasteiger partial charge on any atom is 2.00 e. The minimum atomic E-state index is 0. The summed E-state index contributed by atoms with van der Waals surface area (Å²) in [7, 11) is 0. The van der Waals surface area contributed by atoms with Crippen LogP contribution in [0.3, 0.4) is 0 Å². The van der Waals surface area contributed by atoms with E-state index in [9.17, 15) is 0 Å². The molecule has 0 unspecified atom stereocenters. The summed E-state index contributed by atoms with van der Waals surface area (Å²) >= 11 is 0. The Balaban J connectivity index is 0. The molecule has 0 heterocycles. The van der Waals surface area contributed by atoms with Crippen molar-refractivity contribution in [2.75, 3.05) is 0 Å². The second kappa shape index (κ2) is 19.4. The van der Waals surface area contributed by atoms with Gasteiger partial charge in [-0.1, -0.05) is 0 Å². The first kappa shape index (κ1) is 35.8. The van der Waals surface area contributed by atoms with E-state index in [-0.39, 0.29) is 70.1 Å². The average Bonchev–Trinajstić information content (AvgIpc) is 0. The normalized spacial score (nSPS) is 0. The molecule has 0 bridgehead atoms. The first-order chi connectivity index (χ1) is 0. The van der Waals surface area contributed by atoms with Crippen LogP contribution in [-0.4, -0.2) is 23.7 Å². The van der Waals surface area contributed by atoms with E-state index in [1.165, 1.54) is 0 Å². The van der Waals surface area contributed by atoms with Crippen LogP contribution >= 0.6 is 0 Å². The Bertz CT molecular complexity index is 6.00. The molecule has 4 heavy (non-hydrogen) atoms. The standard InChI is InChI=1S/2S.Te.Zn/q2*-2;2*+2. The molecular weight excluding hydrogens is 257 g/mol. The zero-order valence-electron chi connectivity index (χ0n) is 1.93. The van der Waals surface area contributed by atoms with Crippen LogP contribution in [0.2, 0.25) is 0 Å². The molecule has 0 rings (SSSR count). The molecule has 0 aliphatic heterocycles. The summed E-state index contributed by atoms with van der Waals surface area (Å²) in [5, 5.41) is 0. The zero-order chi connectivity index (χ0) is 0. The summed E-state index contributed by atoms with van der Waals surface area (Å²) in [6, 6.07) is 0. The topological polar surface area (TPSA) is 0 Å². The van der Waals surface area contributed by atoms with Gasteiger partial charge in [0.2, 0.25) is 0 Å². The maximum absolute atomic E-state index is 0. The molecule has 0 saturated carbocycles. The van der Waals surface area contributed by atoms with Gasteiger partial charge in [-0.05, 0) is 0 Å². The zero-order valence-corrected chi connectivity index (χ0v) is 8.86. The van der Waals surface area contributed by atoms with Gasteiger partial charge in [0.25, 0.3) is 0 Å². The molecule has 0 amide bonds. The molecule has 0 aliphatic carbocycles. The second-order valence-electron chi connectivity index (χ2n) is 0. The predicted octanol–water partition coefficient (Wildman–Crippen LogP) is -0.388. The third-order valence-corrected chi connectivity index (χ3v) is 0. The van der Waals surface area contributed by atoms with Crippen LogP contribution in [0.4, 0.5) is 0 Å². The smallest absolute Gasteiger partial charge is 2.00 e.